The minimum absolute atomic E-state index is 0.657. The lowest BCUT2D eigenvalue weighted by atomic mass is 9.96. The summed E-state index contributed by atoms with van der Waals surface area (Å²) in [5.41, 5.74) is 5.25. The zero-order valence-electron chi connectivity index (χ0n) is 26.3. The van der Waals surface area contributed by atoms with Crippen molar-refractivity contribution in [1.82, 2.24) is 15.0 Å². The number of thiophene rings is 1. The van der Waals surface area contributed by atoms with Crippen LogP contribution in [0.5, 0.6) is 0 Å². The van der Waals surface area contributed by atoms with Gasteiger partial charge in [-0.15, -0.1) is 11.3 Å². The molecule has 10 aromatic rings. The minimum Gasteiger partial charge on any atom is -0.208 e. The number of nitrogens with zero attached hydrogens (tertiary/aromatic N) is 3. The first kappa shape index (κ1) is 27.8. The molecule has 10 rings (SSSR count). The van der Waals surface area contributed by atoms with Gasteiger partial charge in [-0.1, -0.05) is 133 Å². The molecule has 0 spiro atoms. The van der Waals surface area contributed by atoms with E-state index in [0.717, 1.165) is 38.4 Å². The Kier molecular flexibility index (Phi) is 6.36. The van der Waals surface area contributed by atoms with Crippen molar-refractivity contribution < 1.29 is 0 Å². The summed E-state index contributed by atoms with van der Waals surface area (Å²) in [6, 6.07) is 58.2. The largest absolute Gasteiger partial charge is 0.208 e. The number of rotatable bonds is 4. The first-order valence-corrected chi connectivity index (χ1v) is 17.2. The molecule has 8 aromatic carbocycles. The van der Waals surface area contributed by atoms with E-state index in [4.69, 9.17) is 15.0 Å². The maximum Gasteiger partial charge on any atom is 0.164 e. The first-order valence-electron chi connectivity index (χ1n) is 16.4. The van der Waals surface area contributed by atoms with Crippen LogP contribution in [-0.4, -0.2) is 15.0 Å². The van der Waals surface area contributed by atoms with Gasteiger partial charge in [0.15, 0.2) is 17.5 Å². The van der Waals surface area contributed by atoms with E-state index < -0.39 is 0 Å². The van der Waals surface area contributed by atoms with Crippen molar-refractivity contribution in [1.29, 1.82) is 0 Å². The SMILES string of the molecule is c1ccc2cc(-c3ccc4cccc(-c5nc(-c6ccc7ccccc7c6)nc(-c6ccc7c(c6)sc6ccccc67)n5)c4c3)ccc2c1. The number of benzene rings is 8. The molecule has 0 aliphatic heterocycles. The predicted octanol–water partition coefficient (Wildman–Crippen LogP) is 12.4. The van der Waals surface area contributed by atoms with Gasteiger partial charge in [0, 0.05) is 36.9 Å². The van der Waals surface area contributed by atoms with Crippen molar-refractivity contribution in [3.8, 4) is 45.3 Å². The van der Waals surface area contributed by atoms with Crippen LogP contribution in [0.3, 0.4) is 0 Å². The van der Waals surface area contributed by atoms with Crippen LogP contribution in [0.15, 0.2) is 164 Å². The minimum atomic E-state index is 0.657. The summed E-state index contributed by atoms with van der Waals surface area (Å²) in [5.74, 6) is 1.98. The lowest BCUT2D eigenvalue weighted by Gasteiger charge is -2.12. The average Bonchev–Trinajstić information content (AvgIpc) is 3.55. The number of hydrogen-bond donors (Lipinski definition) is 0. The van der Waals surface area contributed by atoms with Crippen LogP contribution in [-0.2, 0) is 0 Å². The Balaban J connectivity index is 1.18. The molecule has 228 valence electrons. The van der Waals surface area contributed by atoms with Gasteiger partial charge in [-0.05, 0) is 73.8 Å². The fourth-order valence-corrected chi connectivity index (χ4v) is 8.11. The van der Waals surface area contributed by atoms with E-state index in [1.807, 2.05) is 0 Å². The van der Waals surface area contributed by atoms with Gasteiger partial charge >= 0.3 is 0 Å². The van der Waals surface area contributed by atoms with Crippen molar-refractivity contribution in [3.63, 3.8) is 0 Å². The second-order valence-electron chi connectivity index (χ2n) is 12.5. The summed E-state index contributed by atoms with van der Waals surface area (Å²) in [6.45, 7) is 0. The summed E-state index contributed by atoms with van der Waals surface area (Å²) in [6.07, 6.45) is 0. The third-order valence-electron chi connectivity index (χ3n) is 9.49. The molecule has 0 bridgehead atoms. The summed E-state index contributed by atoms with van der Waals surface area (Å²) < 4.78 is 2.50. The van der Waals surface area contributed by atoms with Gasteiger partial charge in [-0.2, -0.15) is 0 Å². The van der Waals surface area contributed by atoms with Crippen LogP contribution in [0.2, 0.25) is 0 Å². The fourth-order valence-electron chi connectivity index (χ4n) is 6.96. The third kappa shape index (κ3) is 4.85. The van der Waals surface area contributed by atoms with Crippen LogP contribution >= 0.6 is 11.3 Å². The van der Waals surface area contributed by atoms with Gasteiger partial charge in [0.25, 0.3) is 0 Å². The van der Waals surface area contributed by atoms with Gasteiger partial charge in [-0.3, -0.25) is 0 Å². The Labute approximate surface area is 286 Å². The van der Waals surface area contributed by atoms with Gasteiger partial charge < -0.3 is 0 Å². The maximum atomic E-state index is 5.20. The van der Waals surface area contributed by atoms with E-state index in [1.165, 1.54) is 41.9 Å². The Bertz CT molecular complexity index is 2900. The molecule has 0 aliphatic carbocycles. The quantitative estimate of drug-likeness (QED) is 0.192. The smallest absolute Gasteiger partial charge is 0.164 e. The van der Waals surface area contributed by atoms with Gasteiger partial charge in [0.1, 0.15) is 0 Å². The van der Waals surface area contributed by atoms with Crippen LogP contribution in [0.25, 0.3) is 97.8 Å². The van der Waals surface area contributed by atoms with E-state index in [2.05, 4.69) is 164 Å². The standard InChI is InChI=1S/C45H27N3S/c1-3-10-31-24-33(19-16-28(31)8-1)34-20-18-30-12-7-14-39(40(30)26-34)45-47-43(35-21-17-29-9-2-4-11-32(29)25-35)46-44(48-45)36-22-23-38-37-13-5-6-15-41(37)49-42(38)27-36/h1-27H. The van der Waals surface area contributed by atoms with Gasteiger partial charge in [0.05, 0.1) is 0 Å². The van der Waals surface area contributed by atoms with Gasteiger partial charge in [0.2, 0.25) is 0 Å². The topological polar surface area (TPSA) is 38.7 Å². The number of aromatic nitrogens is 3. The van der Waals surface area contributed by atoms with E-state index >= 15 is 0 Å². The van der Waals surface area contributed by atoms with E-state index in [9.17, 15) is 0 Å². The maximum absolute atomic E-state index is 5.20. The Morgan fingerprint density at radius 1 is 0.306 bits per heavy atom. The zero-order valence-corrected chi connectivity index (χ0v) is 27.2. The van der Waals surface area contributed by atoms with Crippen LogP contribution in [0.1, 0.15) is 0 Å². The summed E-state index contributed by atoms with van der Waals surface area (Å²) >= 11 is 1.80. The second kappa shape index (κ2) is 11.2. The van der Waals surface area contributed by atoms with Crippen LogP contribution in [0, 0.1) is 0 Å². The highest BCUT2D eigenvalue weighted by atomic mass is 32.1. The molecule has 0 unspecified atom stereocenters. The Hall–Kier alpha value is -6.23. The number of fused-ring (bicyclic) bond motifs is 6. The zero-order chi connectivity index (χ0) is 32.3. The molecule has 0 saturated carbocycles. The third-order valence-corrected chi connectivity index (χ3v) is 10.6. The highest BCUT2D eigenvalue weighted by Crippen LogP contribution is 2.37. The van der Waals surface area contributed by atoms with Crippen molar-refractivity contribution in [3.05, 3.63) is 164 Å². The monoisotopic (exact) mass is 641 g/mol. The van der Waals surface area contributed by atoms with E-state index in [1.54, 1.807) is 11.3 Å². The van der Waals surface area contributed by atoms with E-state index in [0.29, 0.717) is 17.5 Å². The highest BCUT2D eigenvalue weighted by Gasteiger charge is 2.16. The molecule has 4 heteroatoms. The molecule has 2 aromatic heterocycles. The van der Waals surface area contributed by atoms with Crippen molar-refractivity contribution in [2.24, 2.45) is 0 Å². The second-order valence-corrected chi connectivity index (χ2v) is 13.6. The molecule has 2 heterocycles. The lowest BCUT2D eigenvalue weighted by molar-refractivity contribution is 1.08. The summed E-state index contributed by atoms with van der Waals surface area (Å²) in [7, 11) is 0. The lowest BCUT2D eigenvalue weighted by Crippen LogP contribution is -2.00. The molecule has 0 aliphatic rings. The molecular formula is C45H27N3S. The van der Waals surface area contributed by atoms with Gasteiger partial charge in [-0.25, -0.2) is 15.0 Å². The Morgan fingerprint density at radius 2 is 0.837 bits per heavy atom. The summed E-state index contributed by atoms with van der Waals surface area (Å²) in [5, 5.41) is 9.58. The molecule has 0 amide bonds. The van der Waals surface area contributed by atoms with Crippen molar-refractivity contribution in [2.45, 2.75) is 0 Å². The molecule has 0 saturated heterocycles. The first-order chi connectivity index (χ1) is 24.2. The molecule has 3 nitrogen and oxygen atoms in total. The van der Waals surface area contributed by atoms with Crippen LogP contribution in [0.4, 0.5) is 0 Å². The average molecular weight is 642 g/mol. The highest BCUT2D eigenvalue weighted by molar-refractivity contribution is 7.25. The van der Waals surface area contributed by atoms with Crippen molar-refractivity contribution in [2.75, 3.05) is 0 Å². The van der Waals surface area contributed by atoms with E-state index in [-0.39, 0.29) is 0 Å². The fraction of sp³-hybridized carbons (Fsp3) is 0. The molecule has 0 atom stereocenters. The summed E-state index contributed by atoms with van der Waals surface area (Å²) in [4.78, 5) is 15.5. The molecular weight excluding hydrogens is 615 g/mol. The molecule has 0 radical (unpaired) electrons. The predicted molar refractivity (Wildman–Crippen MR) is 207 cm³/mol. The molecule has 49 heavy (non-hydrogen) atoms. The Morgan fingerprint density at radius 3 is 1.61 bits per heavy atom. The molecule has 0 fully saturated rings. The molecule has 0 N–H and O–H groups in total. The number of hydrogen-bond acceptors (Lipinski definition) is 4. The van der Waals surface area contributed by atoms with Crippen molar-refractivity contribution >= 4 is 63.8 Å². The normalized spacial score (nSPS) is 11.7. The van der Waals surface area contributed by atoms with Crippen LogP contribution < -0.4 is 0 Å².